The summed E-state index contributed by atoms with van der Waals surface area (Å²) in [5.74, 6) is 1.86. The van der Waals surface area contributed by atoms with Crippen molar-refractivity contribution in [3.05, 3.63) is 35.9 Å². The molecule has 3 nitrogen and oxygen atoms in total. The van der Waals surface area contributed by atoms with E-state index in [1.807, 2.05) is 6.07 Å². The van der Waals surface area contributed by atoms with Crippen LogP contribution in [0.3, 0.4) is 0 Å². The van der Waals surface area contributed by atoms with Crippen LogP contribution in [0.1, 0.15) is 51.5 Å². The molecule has 1 unspecified atom stereocenters. The molecule has 0 aromatic heterocycles. The molecular formula is C20H32N2O. The van der Waals surface area contributed by atoms with Crippen LogP contribution >= 0.6 is 0 Å². The van der Waals surface area contributed by atoms with Gasteiger partial charge in [0.25, 0.3) is 0 Å². The fourth-order valence-corrected chi connectivity index (χ4v) is 3.49. The second kappa shape index (κ2) is 9.07. The Balaban J connectivity index is 1.88. The maximum atomic E-state index is 12.7. The Morgan fingerprint density at radius 1 is 1.22 bits per heavy atom. The summed E-state index contributed by atoms with van der Waals surface area (Å²) in [7, 11) is 0. The molecule has 1 aliphatic heterocycles. The molecule has 1 heterocycles. The van der Waals surface area contributed by atoms with Crippen molar-refractivity contribution in [3.8, 4) is 0 Å². The lowest BCUT2D eigenvalue weighted by Gasteiger charge is -2.33. The van der Waals surface area contributed by atoms with Crippen LogP contribution in [0.5, 0.6) is 0 Å². The third kappa shape index (κ3) is 5.35. The van der Waals surface area contributed by atoms with E-state index in [1.165, 1.54) is 5.56 Å². The van der Waals surface area contributed by atoms with E-state index in [0.717, 1.165) is 44.9 Å². The zero-order valence-electron chi connectivity index (χ0n) is 14.9. The van der Waals surface area contributed by atoms with Crippen LogP contribution in [0.4, 0.5) is 0 Å². The highest BCUT2D eigenvalue weighted by Crippen LogP contribution is 2.29. The summed E-state index contributed by atoms with van der Waals surface area (Å²) in [6.07, 6.45) is 2.91. The van der Waals surface area contributed by atoms with E-state index < -0.39 is 0 Å². The molecule has 0 spiro atoms. The van der Waals surface area contributed by atoms with Crippen molar-refractivity contribution in [2.75, 3.05) is 26.2 Å². The summed E-state index contributed by atoms with van der Waals surface area (Å²) in [6.45, 7) is 10.6. The summed E-state index contributed by atoms with van der Waals surface area (Å²) >= 11 is 0. The molecule has 2 rings (SSSR count). The standard InChI is InChI=1S/C20H32N2O/c1-4-21-15-17-10-12-22(13-11-17)20(23)14-19(16(2)3)18-8-6-5-7-9-18/h5-9,16-17,19,21H,4,10-15H2,1-3H3. The van der Waals surface area contributed by atoms with Gasteiger partial charge in [0, 0.05) is 19.5 Å². The number of nitrogens with zero attached hydrogens (tertiary/aromatic N) is 1. The molecule has 1 N–H and O–H groups in total. The van der Waals surface area contributed by atoms with E-state index >= 15 is 0 Å². The number of nitrogens with one attached hydrogen (secondary N) is 1. The van der Waals surface area contributed by atoms with Gasteiger partial charge < -0.3 is 10.2 Å². The Morgan fingerprint density at radius 2 is 1.87 bits per heavy atom. The van der Waals surface area contributed by atoms with Gasteiger partial charge >= 0.3 is 0 Å². The maximum Gasteiger partial charge on any atom is 0.223 e. The second-order valence-electron chi connectivity index (χ2n) is 7.10. The lowest BCUT2D eigenvalue weighted by molar-refractivity contribution is -0.133. The zero-order chi connectivity index (χ0) is 16.7. The number of rotatable bonds is 7. The SMILES string of the molecule is CCNCC1CCN(C(=O)CC(c2ccccc2)C(C)C)CC1. The molecular weight excluding hydrogens is 284 g/mol. The largest absolute Gasteiger partial charge is 0.343 e. The highest BCUT2D eigenvalue weighted by molar-refractivity contribution is 5.77. The Labute approximate surface area is 141 Å². The lowest BCUT2D eigenvalue weighted by Crippen LogP contribution is -2.41. The van der Waals surface area contributed by atoms with Gasteiger partial charge in [0.1, 0.15) is 0 Å². The molecule has 0 saturated carbocycles. The minimum atomic E-state index is 0.322. The molecule has 0 radical (unpaired) electrons. The van der Waals surface area contributed by atoms with Gasteiger partial charge in [0.15, 0.2) is 0 Å². The zero-order valence-corrected chi connectivity index (χ0v) is 14.9. The number of hydrogen-bond acceptors (Lipinski definition) is 2. The third-order valence-corrected chi connectivity index (χ3v) is 5.08. The van der Waals surface area contributed by atoms with Gasteiger partial charge in [-0.3, -0.25) is 4.79 Å². The van der Waals surface area contributed by atoms with Crippen molar-refractivity contribution < 1.29 is 4.79 Å². The topological polar surface area (TPSA) is 32.3 Å². The predicted molar refractivity (Wildman–Crippen MR) is 96.5 cm³/mol. The highest BCUT2D eigenvalue weighted by Gasteiger charge is 2.26. The molecule has 1 aromatic carbocycles. The van der Waals surface area contributed by atoms with Crippen molar-refractivity contribution in [1.82, 2.24) is 10.2 Å². The van der Waals surface area contributed by atoms with Crippen LogP contribution in [0.2, 0.25) is 0 Å². The fourth-order valence-electron chi connectivity index (χ4n) is 3.49. The summed E-state index contributed by atoms with van der Waals surface area (Å²) in [4.78, 5) is 14.8. The van der Waals surface area contributed by atoms with Crippen LogP contribution in [0.15, 0.2) is 30.3 Å². The average molecular weight is 316 g/mol. The molecule has 128 valence electrons. The molecule has 1 aliphatic rings. The van der Waals surface area contributed by atoms with Crippen LogP contribution in [-0.4, -0.2) is 37.0 Å². The average Bonchev–Trinajstić information content (AvgIpc) is 2.58. The fraction of sp³-hybridized carbons (Fsp3) is 0.650. The molecule has 3 heteroatoms. The normalized spacial score (nSPS) is 17.5. The smallest absolute Gasteiger partial charge is 0.223 e. The van der Waals surface area contributed by atoms with Crippen LogP contribution in [0, 0.1) is 11.8 Å². The Hall–Kier alpha value is -1.35. The lowest BCUT2D eigenvalue weighted by atomic mass is 9.85. The summed E-state index contributed by atoms with van der Waals surface area (Å²) < 4.78 is 0. The quantitative estimate of drug-likeness (QED) is 0.832. The minimum absolute atomic E-state index is 0.322. The van der Waals surface area contributed by atoms with Gasteiger partial charge in [0.05, 0.1) is 0 Å². The molecule has 0 aliphatic carbocycles. The summed E-state index contributed by atoms with van der Waals surface area (Å²) in [5.41, 5.74) is 1.29. The first-order valence-electron chi connectivity index (χ1n) is 9.15. The van der Waals surface area contributed by atoms with Crippen LogP contribution < -0.4 is 5.32 Å². The van der Waals surface area contributed by atoms with Gasteiger partial charge in [-0.15, -0.1) is 0 Å². The van der Waals surface area contributed by atoms with Gasteiger partial charge in [-0.05, 0) is 49.2 Å². The Morgan fingerprint density at radius 3 is 2.43 bits per heavy atom. The van der Waals surface area contributed by atoms with Gasteiger partial charge in [-0.2, -0.15) is 0 Å². The first kappa shape index (κ1) is 18.0. The third-order valence-electron chi connectivity index (χ3n) is 5.08. The summed E-state index contributed by atoms with van der Waals surface area (Å²) in [6, 6.07) is 10.5. The number of carbonyl (C=O) groups excluding carboxylic acids is 1. The van der Waals surface area contributed by atoms with Crippen LogP contribution in [-0.2, 0) is 4.79 Å². The number of carbonyl (C=O) groups is 1. The molecule has 1 saturated heterocycles. The van der Waals surface area contributed by atoms with E-state index in [1.54, 1.807) is 0 Å². The highest BCUT2D eigenvalue weighted by atomic mass is 16.2. The van der Waals surface area contributed by atoms with Crippen molar-refractivity contribution >= 4 is 5.91 Å². The van der Waals surface area contributed by atoms with E-state index in [2.05, 4.69) is 55.3 Å². The van der Waals surface area contributed by atoms with Crippen LogP contribution in [0.25, 0.3) is 0 Å². The molecule has 23 heavy (non-hydrogen) atoms. The van der Waals surface area contributed by atoms with Gasteiger partial charge in [0.2, 0.25) is 5.91 Å². The maximum absolute atomic E-state index is 12.7. The van der Waals surface area contributed by atoms with Crippen molar-refractivity contribution in [3.63, 3.8) is 0 Å². The molecule has 1 aromatic rings. The Kier molecular flexibility index (Phi) is 7.10. The van der Waals surface area contributed by atoms with Crippen molar-refractivity contribution in [2.24, 2.45) is 11.8 Å². The van der Waals surface area contributed by atoms with Crippen molar-refractivity contribution in [2.45, 2.75) is 46.0 Å². The molecule has 0 bridgehead atoms. The molecule has 1 amide bonds. The first-order valence-corrected chi connectivity index (χ1v) is 9.15. The monoisotopic (exact) mass is 316 g/mol. The number of piperidine rings is 1. The predicted octanol–water partition coefficient (Wildman–Crippen LogP) is 3.66. The van der Waals surface area contributed by atoms with E-state index in [9.17, 15) is 4.79 Å². The first-order chi connectivity index (χ1) is 11.1. The van der Waals surface area contributed by atoms with Gasteiger partial charge in [-0.25, -0.2) is 0 Å². The van der Waals surface area contributed by atoms with Gasteiger partial charge in [-0.1, -0.05) is 51.1 Å². The minimum Gasteiger partial charge on any atom is -0.343 e. The molecule has 1 fully saturated rings. The number of hydrogen-bond donors (Lipinski definition) is 1. The number of benzene rings is 1. The second-order valence-corrected chi connectivity index (χ2v) is 7.10. The number of likely N-dealkylation sites (tertiary alicyclic amines) is 1. The van der Waals surface area contributed by atoms with E-state index in [0.29, 0.717) is 24.2 Å². The van der Waals surface area contributed by atoms with E-state index in [4.69, 9.17) is 0 Å². The van der Waals surface area contributed by atoms with E-state index in [-0.39, 0.29) is 0 Å². The number of amides is 1. The summed E-state index contributed by atoms with van der Waals surface area (Å²) in [5, 5.41) is 3.43. The van der Waals surface area contributed by atoms with Crippen molar-refractivity contribution in [1.29, 1.82) is 0 Å². The molecule has 1 atom stereocenters. The Bertz CT molecular complexity index is 464.